The summed E-state index contributed by atoms with van der Waals surface area (Å²) in [5.74, 6) is 2.07. The Balaban J connectivity index is 3.58. The molecule has 7 heavy (non-hydrogen) atoms. The Bertz CT molecular complexity index is 116. The van der Waals surface area contributed by atoms with Gasteiger partial charge in [0.25, 0.3) is 11.3 Å². The average Bonchev–Trinajstić information content (AvgIpc) is 1.68. The van der Waals surface area contributed by atoms with Crippen molar-refractivity contribution in [3.63, 3.8) is 0 Å². The van der Waals surface area contributed by atoms with Gasteiger partial charge in [-0.3, -0.25) is 4.18 Å². The summed E-state index contributed by atoms with van der Waals surface area (Å²) in [6, 6.07) is 0. The summed E-state index contributed by atoms with van der Waals surface area (Å²) in [7, 11) is 1.29. The fraction of sp³-hybridized carbons (Fsp3) is 0.333. The molecule has 0 radical (unpaired) electrons. The molecule has 0 spiro atoms. The second-order valence-corrected chi connectivity index (χ2v) is 1.58. The molecule has 4 heteroatoms. The smallest absolute Gasteiger partial charge is 0.275 e. The average molecular weight is 119 g/mol. The molecule has 0 bridgehead atoms. The standard InChI is InChI=1S/C3H5NO2S/c1-3-4-7(5)6-2/h1H2,2H3. The highest BCUT2D eigenvalue weighted by Gasteiger charge is 1.82. The van der Waals surface area contributed by atoms with Crippen LogP contribution in [0.2, 0.25) is 0 Å². The molecule has 0 aliphatic heterocycles. The van der Waals surface area contributed by atoms with Crippen LogP contribution in [0.15, 0.2) is 11.0 Å². The van der Waals surface area contributed by atoms with Crippen molar-refractivity contribution in [2.75, 3.05) is 7.11 Å². The van der Waals surface area contributed by atoms with Gasteiger partial charge in [-0.15, -0.1) is 4.40 Å². The molecule has 0 aromatic rings. The van der Waals surface area contributed by atoms with Crippen LogP contribution in [-0.4, -0.2) is 17.2 Å². The molecule has 0 aliphatic carbocycles. The zero-order valence-corrected chi connectivity index (χ0v) is 4.70. The van der Waals surface area contributed by atoms with Gasteiger partial charge in [0.1, 0.15) is 0 Å². The van der Waals surface area contributed by atoms with Crippen LogP contribution in [0.4, 0.5) is 0 Å². The van der Waals surface area contributed by atoms with Gasteiger partial charge in [-0.25, -0.2) is 4.21 Å². The summed E-state index contributed by atoms with van der Waals surface area (Å²) >= 11 is -1.58. The van der Waals surface area contributed by atoms with Crippen molar-refractivity contribution in [1.29, 1.82) is 0 Å². The number of hydrogen-bond donors (Lipinski definition) is 0. The van der Waals surface area contributed by atoms with Crippen molar-refractivity contribution in [2.45, 2.75) is 0 Å². The lowest BCUT2D eigenvalue weighted by Crippen LogP contribution is -1.83. The second kappa shape index (κ2) is 3.74. The van der Waals surface area contributed by atoms with Crippen LogP contribution < -0.4 is 0 Å². The number of hydrogen-bond acceptors (Lipinski definition) is 2. The van der Waals surface area contributed by atoms with Gasteiger partial charge in [0, 0.05) is 0 Å². The summed E-state index contributed by atoms with van der Waals surface area (Å²) in [4.78, 5) is 0. The molecular weight excluding hydrogens is 114 g/mol. The molecular formula is C3H5NO2S. The van der Waals surface area contributed by atoms with Crippen LogP contribution in [0.3, 0.4) is 0 Å². The Morgan fingerprint density at radius 3 is 2.71 bits per heavy atom. The zero-order valence-electron chi connectivity index (χ0n) is 3.88. The first-order valence-corrected chi connectivity index (χ1v) is 2.53. The van der Waals surface area contributed by atoms with Gasteiger partial charge in [0.05, 0.1) is 7.11 Å². The van der Waals surface area contributed by atoms with Crippen LogP contribution in [0, 0.1) is 0 Å². The summed E-state index contributed by atoms with van der Waals surface area (Å²) < 4.78 is 17.4. The third kappa shape index (κ3) is 3.39. The lowest BCUT2D eigenvalue weighted by molar-refractivity contribution is 0.447. The highest BCUT2D eigenvalue weighted by atomic mass is 32.2. The molecule has 0 saturated carbocycles. The van der Waals surface area contributed by atoms with E-state index < -0.39 is 11.3 Å². The van der Waals surface area contributed by atoms with Gasteiger partial charge in [0.2, 0.25) is 0 Å². The summed E-state index contributed by atoms with van der Waals surface area (Å²) in [5, 5.41) is 0. The van der Waals surface area contributed by atoms with Crippen molar-refractivity contribution in [2.24, 2.45) is 4.40 Å². The first-order chi connectivity index (χ1) is 3.31. The summed E-state index contributed by atoms with van der Waals surface area (Å²) in [6.45, 7) is 3.08. The predicted octanol–water partition coefficient (Wildman–Crippen LogP) is 0.0672. The van der Waals surface area contributed by atoms with E-state index >= 15 is 0 Å². The first kappa shape index (κ1) is 6.56. The van der Waals surface area contributed by atoms with Crippen molar-refractivity contribution >= 4 is 17.1 Å². The molecule has 1 unspecified atom stereocenters. The van der Waals surface area contributed by atoms with Crippen LogP contribution in [0.5, 0.6) is 0 Å². The molecule has 0 rings (SSSR count). The van der Waals surface area contributed by atoms with Crippen molar-refractivity contribution in [3.8, 4) is 0 Å². The Morgan fingerprint density at radius 2 is 2.57 bits per heavy atom. The van der Waals surface area contributed by atoms with Crippen LogP contribution in [-0.2, 0) is 15.4 Å². The zero-order chi connectivity index (χ0) is 5.70. The summed E-state index contributed by atoms with van der Waals surface area (Å²) in [6.07, 6.45) is 0. The van der Waals surface area contributed by atoms with E-state index in [1.807, 2.05) is 0 Å². The fourth-order valence-corrected chi connectivity index (χ4v) is 0.270. The van der Waals surface area contributed by atoms with Crippen molar-refractivity contribution in [1.82, 2.24) is 0 Å². The SMILES string of the molecule is C=C=NS(=O)OC. The highest BCUT2D eigenvalue weighted by molar-refractivity contribution is 7.78. The van der Waals surface area contributed by atoms with Gasteiger partial charge >= 0.3 is 0 Å². The molecule has 0 heterocycles. The first-order valence-electron chi connectivity index (χ1n) is 1.50. The molecule has 0 fully saturated rings. The van der Waals surface area contributed by atoms with Crippen molar-refractivity contribution in [3.05, 3.63) is 6.58 Å². The summed E-state index contributed by atoms with van der Waals surface area (Å²) in [5.41, 5.74) is 0. The lowest BCUT2D eigenvalue weighted by Gasteiger charge is -1.79. The molecule has 0 aromatic carbocycles. The second-order valence-electron chi connectivity index (χ2n) is 0.633. The lowest BCUT2D eigenvalue weighted by atomic mass is 11.2. The highest BCUT2D eigenvalue weighted by Crippen LogP contribution is 1.77. The molecule has 3 nitrogen and oxygen atoms in total. The Hall–Kier alpha value is -0.440. The van der Waals surface area contributed by atoms with E-state index in [0.717, 1.165) is 0 Å². The third-order valence-electron chi connectivity index (χ3n) is 0.282. The maximum Gasteiger partial charge on any atom is 0.292 e. The normalized spacial score (nSPS) is 12.1. The Kier molecular flexibility index (Phi) is 3.50. The van der Waals surface area contributed by atoms with Gasteiger partial charge in [-0.05, 0) is 12.4 Å². The van der Waals surface area contributed by atoms with Gasteiger partial charge in [-0.1, -0.05) is 0 Å². The Morgan fingerprint density at radius 1 is 2.00 bits per heavy atom. The maximum atomic E-state index is 10.0. The fourth-order valence-electron chi connectivity index (χ4n) is 0.0900. The van der Waals surface area contributed by atoms with Crippen LogP contribution in [0.1, 0.15) is 0 Å². The molecule has 0 N–H and O–H groups in total. The largest absolute Gasteiger partial charge is 0.292 e. The van der Waals surface area contributed by atoms with E-state index in [0.29, 0.717) is 0 Å². The van der Waals surface area contributed by atoms with Crippen molar-refractivity contribution < 1.29 is 8.39 Å². The van der Waals surface area contributed by atoms with Gasteiger partial charge in [0.15, 0.2) is 0 Å². The van der Waals surface area contributed by atoms with Gasteiger partial charge in [-0.2, -0.15) is 0 Å². The number of rotatable bonds is 2. The third-order valence-corrected chi connectivity index (χ3v) is 0.845. The molecule has 0 saturated heterocycles. The molecule has 0 aliphatic rings. The van der Waals surface area contributed by atoms with E-state index in [1.54, 1.807) is 0 Å². The van der Waals surface area contributed by atoms with E-state index in [-0.39, 0.29) is 0 Å². The van der Waals surface area contributed by atoms with E-state index in [4.69, 9.17) is 0 Å². The number of nitrogens with zero attached hydrogens (tertiary/aromatic N) is 1. The minimum atomic E-state index is -1.58. The van der Waals surface area contributed by atoms with E-state index in [9.17, 15) is 4.21 Å². The molecule has 40 valence electrons. The monoisotopic (exact) mass is 119 g/mol. The van der Waals surface area contributed by atoms with Crippen LogP contribution in [0.25, 0.3) is 0 Å². The quantitative estimate of drug-likeness (QED) is 0.482. The molecule has 0 aromatic heterocycles. The van der Waals surface area contributed by atoms with E-state index in [2.05, 4.69) is 21.0 Å². The predicted molar refractivity (Wildman–Crippen MR) is 28.2 cm³/mol. The topological polar surface area (TPSA) is 38.7 Å². The van der Waals surface area contributed by atoms with E-state index in [1.165, 1.54) is 7.11 Å². The maximum absolute atomic E-state index is 10.0. The van der Waals surface area contributed by atoms with Crippen LogP contribution >= 0.6 is 0 Å². The van der Waals surface area contributed by atoms with Gasteiger partial charge < -0.3 is 0 Å². The Labute approximate surface area is 44.5 Å². The minimum Gasteiger partial charge on any atom is -0.275 e. The molecule has 0 amide bonds. The molecule has 1 atom stereocenters. The minimum absolute atomic E-state index is 1.29.